The molecule has 0 aliphatic rings. The zero-order valence-corrected chi connectivity index (χ0v) is 12.1. The quantitative estimate of drug-likeness (QED) is 0.869. The third kappa shape index (κ3) is 3.60. The monoisotopic (exact) mass is 270 g/mol. The highest BCUT2D eigenvalue weighted by molar-refractivity contribution is 7.10. The van der Waals surface area contributed by atoms with Gasteiger partial charge >= 0.3 is 0 Å². The SMILES string of the molecule is Cc1ccc(N(C)Cc2sccc2C#CCN)cc1. The lowest BCUT2D eigenvalue weighted by molar-refractivity contribution is 0.938. The molecule has 0 fully saturated rings. The van der Waals surface area contributed by atoms with E-state index in [2.05, 4.69) is 66.4 Å². The summed E-state index contributed by atoms with van der Waals surface area (Å²) in [4.78, 5) is 3.52. The average Bonchev–Trinajstić information content (AvgIpc) is 2.84. The van der Waals surface area contributed by atoms with E-state index in [1.54, 1.807) is 11.3 Å². The van der Waals surface area contributed by atoms with Crippen molar-refractivity contribution < 1.29 is 0 Å². The molecule has 2 nitrogen and oxygen atoms in total. The fourth-order valence-corrected chi connectivity index (χ4v) is 2.71. The molecule has 1 aromatic carbocycles. The minimum absolute atomic E-state index is 0.406. The predicted molar refractivity (Wildman–Crippen MR) is 83.5 cm³/mol. The normalized spacial score (nSPS) is 9.84. The molecule has 2 rings (SSSR count). The van der Waals surface area contributed by atoms with Gasteiger partial charge in [0, 0.05) is 23.2 Å². The van der Waals surface area contributed by atoms with Gasteiger partial charge in [0.15, 0.2) is 0 Å². The average molecular weight is 270 g/mol. The van der Waals surface area contributed by atoms with Gasteiger partial charge in [0.25, 0.3) is 0 Å². The van der Waals surface area contributed by atoms with Crippen LogP contribution >= 0.6 is 11.3 Å². The number of hydrogen-bond donors (Lipinski definition) is 1. The van der Waals surface area contributed by atoms with Crippen LogP contribution in [0.5, 0.6) is 0 Å². The zero-order chi connectivity index (χ0) is 13.7. The van der Waals surface area contributed by atoms with E-state index in [0.29, 0.717) is 6.54 Å². The number of nitrogens with zero attached hydrogens (tertiary/aromatic N) is 1. The predicted octanol–water partition coefficient (Wildman–Crippen LogP) is 3.00. The second kappa shape index (κ2) is 6.42. The van der Waals surface area contributed by atoms with Crippen LogP contribution < -0.4 is 10.6 Å². The summed E-state index contributed by atoms with van der Waals surface area (Å²) in [5.74, 6) is 6.05. The van der Waals surface area contributed by atoms with Gasteiger partial charge in [-0.15, -0.1) is 11.3 Å². The van der Waals surface area contributed by atoms with Crippen molar-refractivity contribution in [2.24, 2.45) is 5.73 Å². The highest BCUT2D eigenvalue weighted by Gasteiger charge is 2.06. The van der Waals surface area contributed by atoms with Gasteiger partial charge in [0.2, 0.25) is 0 Å². The molecule has 0 spiro atoms. The fourth-order valence-electron chi connectivity index (χ4n) is 1.83. The van der Waals surface area contributed by atoms with Crippen LogP contribution in [0.15, 0.2) is 35.7 Å². The summed E-state index contributed by atoms with van der Waals surface area (Å²) in [5, 5.41) is 2.08. The minimum atomic E-state index is 0.406. The molecule has 0 bridgehead atoms. The Labute approximate surface area is 118 Å². The van der Waals surface area contributed by atoms with Gasteiger partial charge in [-0.1, -0.05) is 29.5 Å². The van der Waals surface area contributed by atoms with Crippen molar-refractivity contribution in [2.45, 2.75) is 13.5 Å². The van der Waals surface area contributed by atoms with Crippen LogP contribution in [-0.2, 0) is 6.54 Å². The molecular weight excluding hydrogens is 252 g/mol. The summed E-state index contributed by atoms with van der Waals surface area (Å²) in [7, 11) is 2.10. The van der Waals surface area contributed by atoms with E-state index in [0.717, 1.165) is 12.1 Å². The fraction of sp³-hybridized carbons (Fsp3) is 0.250. The van der Waals surface area contributed by atoms with Crippen LogP contribution in [0, 0.1) is 18.8 Å². The Morgan fingerprint density at radius 2 is 1.95 bits per heavy atom. The third-order valence-electron chi connectivity index (χ3n) is 2.93. The van der Waals surface area contributed by atoms with Crippen LogP contribution in [0.1, 0.15) is 16.0 Å². The van der Waals surface area contributed by atoms with Crippen LogP contribution in [0.3, 0.4) is 0 Å². The van der Waals surface area contributed by atoms with Crippen molar-refractivity contribution in [1.82, 2.24) is 0 Å². The number of anilines is 1. The van der Waals surface area contributed by atoms with Crippen molar-refractivity contribution in [2.75, 3.05) is 18.5 Å². The zero-order valence-electron chi connectivity index (χ0n) is 11.3. The molecule has 0 unspecified atom stereocenters. The maximum Gasteiger partial charge on any atom is 0.0555 e. The molecule has 2 aromatic rings. The first-order valence-corrected chi connectivity index (χ1v) is 7.12. The Bertz CT molecular complexity index is 587. The molecule has 19 heavy (non-hydrogen) atoms. The summed E-state index contributed by atoms with van der Waals surface area (Å²) in [6.07, 6.45) is 0. The molecule has 1 heterocycles. The van der Waals surface area contributed by atoms with Crippen molar-refractivity contribution >= 4 is 17.0 Å². The van der Waals surface area contributed by atoms with Crippen molar-refractivity contribution in [3.63, 3.8) is 0 Å². The Morgan fingerprint density at radius 3 is 2.63 bits per heavy atom. The van der Waals surface area contributed by atoms with E-state index in [9.17, 15) is 0 Å². The van der Waals surface area contributed by atoms with Gasteiger partial charge in [-0.05, 0) is 30.5 Å². The first-order chi connectivity index (χ1) is 9.20. The van der Waals surface area contributed by atoms with Gasteiger partial charge < -0.3 is 10.6 Å². The van der Waals surface area contributed by atoms with E-state index >= 15 is 0 Å². The molecule has 0 saturated heterocycles. The molecule has 98 valence electrons. The van der Waals surface area contributed by atoms with E-state index in [1.165, 1.54) is 16.1 Å². The van der Waals surface area contributed by atoms with Crippen LogP contribution in [0.4, 0.5) is 5.69 Å². The van der Waals surface area contributed by atoms with Gasteiger partial charge in [-0.3, -0.25) is 0 Å². The van der Waals surface area contributed by atoms with Gasteiger partial charge in [-0.2, -0.15) is 0 Å². The summed E-state index contributed by atoms with van der Waals surface area (Å²) in [6.45, 7) is 3.38. The van der Waals surface area contributed by atoms with Crippen LogP contribution in [-0.4, -0.2) is 13.6 Å². The van der Waals surface area contributed by atoms with Crippen molar-refractivity contribution in [3.8, 4) is 11.8 Å². The molecule has 2 N–H and O–H groups in total. The lowest BCUT2D eigenvalue weighted by Gasteiger charge is -2.19. The molecule has 0 amide bonds. The van der Waals surface area contributed by atoms with E-state index in [-0.39, 0.29) is 0 Å². The second-order valence-corrected chi connectivity index (χ2v) is 5.46. The maximum atomic E-state index is 5.42. The molecule has 0 atom stereocenters. The standard InChI is InChI=1S/C16H18N2S/c1-13-5-7-15(8-6-13)18(2)12-16-14(4-3-10-17)9-11-19-16/h5-9,11H,10,12,17H2,1-2H3. The van der Waals surface area contributed by atoms with E-state index < -0.39 is 0 Å². The lowest BCUT2D eigenvalue weighted by Crippen LogP contribution is -2.16. The first-order valence-electron chi connectivity index (χ1n) is 6.24. The molecule has 0 aliphatic heterocycles. The summed E-state index contributed by atoms with van der Waals surface area (Å²) in [5.41, 5.74) is 9.01. The molecule has 3 heteroatoms. The first kappa shape index (κ1) is 13.7. The number of rotatable bonds is 3. The molecule has 0 aliphatic carbocycles. The highest BCUT2D eigenvalue weighted by atomic mass is 32.1. The molecule has 1 aromatic heterocycles. The third-order valence-corrected chi connectivity index (χ3v) is 3.83. The largest absolute Gasteiger partial charge is 0.369 e. The minimum Gasteiger partial charge on any atom is -0.369 e. The van der Waals surface area contributed by atoms with Gasteiger partial charge in [0.05, 0.1) is 13.1 Å². The summed E-state index contributed by atoms with van der Waals surface area (Å²) >= 11 is 1.74. The number of benzene rings is 1. The number of aryl methyl sites for hydroxylation is 1. The Balaban J connectivity index is 2.12. The number of nitrogens with two attached hydrogens (primary N) is 1. The topological polar surface area (TPSA) is 29.3 Å². The van der Waals surface area contributed by atoms with Gasteiger partial charge in [-0.25, -0.2) is 0 Å². The Hall–Kier alpha value is -1.76. The Morgan fingerprint density at radius 1 is 1.21 bits per heavy atom. The maximum absolute atomic E-state index is 5.42. The van der Waals surface area contributed by atoms with Crippen LogP contribution in [0.25, 0.3) is 0 Å². The van der Waals surface area contributed by atoms with E-state index in [1.807, 2.05) is 0 Å². The summed E-state index contributed by atoms with van der Waals surface area (Å²) < 4.78 is 0. The second-order valence-electron chi connectivity index (χ2n) is 4.45. The summed E-state index contributed by atoms with van der Waals surface area (Å²) in [6, 6.07) is 10.6. The van der Waals surface area contributed by atoms with Crippen molar-refractivity contribution in [3.05, 3.63) is 51.7 Å². The van der Waals surface area contributed by atoms with Crippen LogP contribution in [0.2, 0.25) is 0 Å². The van der Waals surface area contributed by atoms with Crippen molar-refractivity contribution in [1.29, 1.82) is 0 Å². The lowest BCUT2D eigenvalue weighted by atomic mass is 10.2. The number of thiophene rings is 1. The molecule has 0 saturated carbocycles. The smallest absolute Gasteiger partial charge is 0.0555 e. The van der Waals surface area contributed by atoms with Gasteiger partial charge in [0.1, 0.15) is 0 Å². The molecule has 0 radical (unpaired) electrons. The molecular formula is C16H18N2S. The number of hydrogen-bond acceptors (Lipinski definition) is 3. The highest BCUT2D eigenvalue weighted by Crippen LogP contribution is 2.21. The van der Waals surface area contributed by atoms with E-state index in [4.69, 9.17) is 5.73 Å². The Kier molecular flexibility index (Phi) is 4.62.